The fourth-order valence-corrected chi connectivity index (χ4v) is 5.74. The van der Waals surface area contributed by atoms with Gasteiger partial charge in [-0.2, -0.15) is 0 Å². The number of carbonyl (C=O) groups excluding carboxylic acids is 1. The topological polar surface area (TPSA) is 58.1 Å². The Labute approximate surface area is 165 Å². The third kappa shape index (κ3) is 3.56. The van der Waals surface area contributed by atoms with Gasteiger partial charge in [-0.3, -0.25) is 4.79 Å². The molecule has 0 radical (unpaired) electrons. The van der Waals surface area contributed by atoms with Crippen LogP contribution in [0.5, 0.6) is 0 Å². The lowest BCUT2D eigenvalue weighted by atomic mass is 9.92. The van der Waals surface area contributed by atoms with E-state index in [2.05, 4.69) is 24.1 Å². The molecular formula is C21H30N4OS. The van der Waals surface area contributed by atoms with Gasteiger partial charge in [0.05, 0.1) is 11.3 Å². The zero-order chi connectivity index (χ0) is 19.0. The fourth-order valence-electron chi connectivity index (χ4n) is 4.44. The number of hydrogen-bond acceptors (Lipinski definition) is 5. The number of unbranched alkanes of at least 4 members (excludes halogenated alkanes) is 1. The molecule has 1 amide bonds. The first-order valence-electron chi connectivity index (χ1n) is 10.4. The molecule has 0 saturated carbocycles. The fraction of sp³-hybridized carbons (Fsp3) is 0.667. The summed E-state index contributed by atoms with van der Waals surface area (Å²) in [7, 11) is 0. The number of nitrogens with zero attached hydrogens (tertiary/aromatic N) is 3. The highest BCUT2D eigenvalue weighted by Gasteiger charge is 2.33. The van der Waals surface area contributed by atoms with Crippen LogP contribution in [0.25, 0.3) is 10.2 Å². The van der Waals surface area contributed by atoms with Crippen molar-refractivity contribution in [3.05, 3.63) is 16.3 Å². The van der Waals surface area contributed by atoms with Crippen LogP contribution < -0.4 is 10.2 Å². The van der Waals surface area contributed by atoms with Gasteiger partial charge in [0, 0.05) is 24.0 Å². The Morgan fingerprint density at radius 3 is 2.96 bits per heavy atom. The van der Waals surface area contributed by atoms with Crippen molar-refractivity contribution in [1.29, 1.82) is 0 Å². The predicted molar refractivity (Wildman–Crippen MR) is 112 cm³/mol. The number of fused-ring (bicyclic) bond motifs is 3. The Bertz CT molecular complexity index is 846. The Kier molecular flexibility index (Phi) is 5.35. The summed E-state index contributed by atoms with van der Waals surface area (Å²) in [4.78, 5) is 27.3. The van der Waals surface area contributed by atoms with Crippen LogP contribution in [-0.2, 0) is 17.6 Å². The molecule has 1 aliphatic carbocycles. The maximum atomic E-state index is 12.7. The molecule has 1 fully saturated rings. The van der Waals surface area contributed by atoms with Crippen LogP contribution >= 0.6 is 11.3 Å². The van der Waals surface area contributed by atoms with E-state index < -0.39 is 0 Å². The molecule has 2 aliphatic rings. The Morgan fingerprint density at radius 1 is 1.30 bits per heavy atom. The summed E-state index contributed by atoms with van der Waals surface area (Å²) in [6.45, 7) is 7.95. The molecule has 27 heavy (non-hydrogen) atoms. The van der Waals surface area contributed by atoms with E-state index in [0.717, 1.165) is 61.7 Å². The number of aryl methyl sites for hydroxylation is 3. The van der Waals surface area contributed by atoms with E-state index in [1.54, 1.807) is 0 Å². The molecule has 1 saturated heterocycles. The van der Waals surface area contributed by atoms with Gasteiger partial charge >= 0.3 is 0 Å². The van der Waals surface area contributed by atoms with Crippen molar-refractivity contribution in [2.45, 2.75) is 71.8 Å². The summed E-state index contributed by atoms with van der Waals surface area (Å²) < 4.78 is 0. The Balaban J connectivity index is 1.64. The van der Waals surface area contributed by atoms with Crippen LogP contribution in [0.2, 0.25) is 0 Å². The van der Waals surface area contributed by atoms with Gasteiger partial charge in [-0.05, 0) is 57.9 Å². The van der Waals surface area contributed by atoms with Gasteiger partial charge in [0.1, 0.15) is 16.5 Å². The molecule has 3 heterocycles. The highest BCUT2D eigenvalue weighted by atomic mass is 32.1. The molecular weight excluding hydrogens is 356 g/mol. The summed E-state index contributed by atoms with van der Waals surface area (Å²) in [6.07, 6.45) is 7.70. The standard InChI is InChI=1S/C21H30N4OS/c1-4-5-11-22-20(26)15-10-9-13(2)25(12-15)19-18-16-7-6-8-17(16)27-21(18)24-14(3)23-19/h13,15H,4-12H2,1-3H3,(H,22,26)/t13-,15+/m0/s1. The van der Waals surface area contributed by atoms with Gasteiger partial charge in [0.25, 0.3) is 0 Å². The van der Waals surface area contributed by atoms with Crippen molar-refractivity contribution in [2.75, 3.05) is 18.0 Å². The molecule has 0 unspecified atom stereocenters. The maximum absolute atomic E-state index is 12.7. The van der Waals surface area contributed by atoms with E-state index >= 15 is 0 Å². The molecule has 146 valence electrons. The molecule has 2 aromatic rings. The van der Waals surface area contributed by atoms with Crippen molar-refractivity contribution in [2.24, 2.45) is 5.92 Å². The lowest BCUT2D eigenvalue weighted by Crippen LogP contribution is -2.47. The number of rotatable bonds is 5. The third-order valence-electron chi connectivity index (χ3n) is 6.01. The van der Waals surface area contributed by atoms with Crippen LogP contribution in [0.1, 0.15) is 62.2 Å². The molecule has 4 rings (SSSR count). The van der Waals surface area contributed by atoms with Crippen molar-refractivity contribution in [1.82, 2.24) is 15.3 Å². The summed E-state index contributed by atoms with van der Waals surface area (Å²) in [6, 6.07) is 0.402. The van der Waals surface area contributed by atoms with Crippen LogP contribution in [0, 0.1) is 12.8 Å². The average Bonchev–Trinajstić information content (AvgIpc) is 3.22. The minimum Gasteiger partial charge on any atom is -0.356 e. The number of anilines is 1. The van der Waals surface area contributed by atoms with Gasteiger partial charge < -0.3 is 10.2 Å². The first-order chi connectivity index (χ1) is 13.1. The second kappa shape index (κ2) is 7.74. The lowest BCUT2D eigenvalue weighted by Gasteiger charge is -2.38. The van der Waals surface area contributed by atoms with Gasteiger partial charge in [-0.1, -0.05) is 13.3 Å². The SMILES string of the molecule is CCCCNC(=O)[C@@H]1CC[C@H](C)N(c2nc(C)nc3sc4c(c23)CCC4)C1. The average molecular weight is 387 g/mol. The molecule has 1 N–H and O–H groups in total. The summed E-state index contributed by atoms with van der Waals surface area (Å²) in [5.74, 6) is 2.16. The molecule has 5 nitrogen and oxygen atoms in total. The smallest absolute Gasteiger partial charge is 0.224 e. The van der Waals surface area contributed by atoms with E-state index in [4.69, 9.17) is 9.97 Å². The highest BCUT2D eigenvalue weighted by molar-refractivity contribution is 7.19. The van der Waals surface area contributed by atoms with Crippen molar-refractivity contribution in [3.8, 4) is 0 Å². The highest BCUT2D eigenvalue weighted by Crippen LogP contribution is 2.42. The predicted octanol–water partition coefficient (Wildman–Crippen LogP) is 4.01. The molecule has 2 aromatic heterocycles. The number of nitrogens with one attached hydrogen (secondary N) is 1. The van der Waals surface area contributed by atoms with Crippen LogP contribution in [-0.4, -0.2) is 35.0 Å². The van der Waals surface area contributed by atoms with E-state index in [1.807, 2.05) is 18.3 Å². The number of aromatic nitrogens is 2. The zero-order valence-corrected chi connectivity index (χ0v) is 17.5. The normalized spacial score (nSPS) is 22.3. The quantitative estimate of drug-likeness (QED) is 0.789. The monoisotopic (exact) mass is 386 g/mol. The Hall–Kier alpha value is -1.69. The van der Waals surface area contributed by atoms with Crippen molar-refractivity contribution in [3.63, 3.8) is 0 Å². The van der Waals surface area contributed by atoms with Crippen LogP contribution in [0.3, 0.4) is 0 Å². The molecule has 1 aliphatic heterocycles. The first-order valence-corrected chi connectivity index (χ1v) is 11.2. The largest absolute Gasteiger partial charge is 0.356 e. The second-order valence-electron chi connectivity index (χ2n) is 8.05. The van der Waals surface area contributed by atoms with E-state index in [-0.39, 0.29) is 11.8 Å². The van der Waals surface area contributed by atoms with Gasteiger partial charge in [0.15, 0.2) is 0 Å². The maximum Gasteiger partial charge on any atom is 0.224 e. The molecule has 0 aromatic carbocycles. The van der Waals surface area contributed by atoms with Crippen LogP contribution in [0.4, 0.5) is 5.82 Å². The molecule has 0 spiro atoms. The van der Waals surface area contributed by atoms with Gasteiger partial charge in [-0.15, -0.1) is 11.3 Å². The first kappa shape index (κ1) is 18.7. The van der Waals surface area contributed by atoms with Crippen LogP contribution in [0.15, 0.2) is 0 Å². The summed E-state index contributed by atoms with van der Waals surface area (Å²) >= 11 is 1.84. The number of thiophene rings is 1. The van der Waals surface area contributed by atoms with Crippen molar-refractivity contribution < 1.29 is 4.79 Å². The third-order valence-corrected chi connectivity index (χ3v) is 7.20. The van der Waals surface area contributed by atoms with Gasteiger partial charge in [0.2, 0.25) is 5.91 Å². The minimum absolute atomic E-state index is 0.0510. The number of carbonyl (C=O) groups is 1. The van der Waals surface area contributed by atoms with Gasteiger partial charge in [-0.25, -0.2) is 9.97 Å². The van der Waals surface area contributed by atoms with E-state index in [9.17, 15) is 4.79 Å². The zero-order valence-electron chi connectivity index (χ0n) is 16.7. The lowest BCUT2D eigenvalue weighted by molar-refractivity contribution is -0.125. The summed E-state index contributed by atoms with van der Waals surface area (Å²) in [5, 5.41) is 4.39. The summed E-state index contributed by atoms with van der Waals surface area (Å²) in [5.41, 5.74) is 1.46. The number of amides is 1. The molecule has 0 bridgehead atoms. The Morgan fingerprint density at radius 2 is 2.15 bits per heavy atom. The van der Waals surface area contributed by atoms with E-state index in [1.165, 1.54) is 28.7 Å². The molecule has 6 heteroatoms. The number of piperidine rings is 1. The minimum atomic E-state index is 0.0510. The second-order valence-corrected chi connectivity index (χ2v) is 9.14. The van der Waals surface area contributed by atoms with E-state index in [0.29, 0.717) is 6.04 Å². The number of hydrogen-bond donors (Lipinski definition) is 1. The van der Waals surface area contributed by atoms with Crippen molar-refractivity contribution >= 4 is 33.3 Å². The molecule has 2 atom stereocenters.